The highest BCUT2D eigenvalue weighted by molar-refractivity contribution is 5.92. The van der Waals surface area contributed by atoms with Crippen LogP contribution < -0.4 is 5.32 Å². The molecule has 0 fully saturated rings. The van der Waals surface area contributed by atoms with Gasteiger partial charge < -0.3 is 15.3 Å². The topological polar surface area (TPSA) is 87.5 Å². The van der Waals surface area contributed by atoms with Crippen molar-refractivity contribution < 1.29 is 14.7 Å². The van der Waals surface area contributed by atoms with Crippen LogP contribution in [0.3, 0.4) is 0 Å². The van der Waals surface area contributed by atoms with Crippen LogP contribution in [0.25, 0.3) is 0 Å². The molecule has 0 radical (unpaired) electrons. The Hall–Kier alpha value is -2.05. The minimum Gasteiger partial charge on any atom is -0.480 e. The summed E-state index contributed by atoms with van der Waals surface area (Å²) in [4.78, 5) is 23.9. The number of nitrogens with zero attached hydrogens (tertiary/aromatic N) is 3. The molecule has 1 aromatic rings. The van der Waals surface area contributed by atoms with Gasteiger partial charge in [-0.05, 0) is 12.8 Å². The highest BCUT2D eigenvalue weighted by Crippen LogP contribution is 2.22. The maximum Gasteiger partial charge on any atom is 0.326 e. The SMILES string of the molecule is CC(C)c1nn(C)cc1NC(=O)N(C)C(C)C(=O)O. The molecule has 0 aromatic carbocycles. The fourth-order valence-electron chi connectivity index (χ4n) is 1.57. The lowest BCUT2D eigenvalue weighted by Crippen LogP contribution is -2.42. The first-order chi connectivity index (χ1) is 8.73. The Bertz CT molecular complexity index is 481. The molecule has 0 saturated carbocycles. The quantitative estimate of drug-likeness (QED) is 0.865. The van der Waals surface area contributed by atoms with Crippen molar-refractivity contribution in [1.82, 2.24) is 14.7 Å². The highest BCUT2D eigenvalue weighted by Gasteiger charge is 2.23. The third-order valence-electron chi connectivity index (χ3n) is 2.90. The summed E-state index contributed by atoms with van der Waals surface area (Å²) in [6, 6.07) is -1.36. The van der Waals surface area contributed by atoms with Gasteiger partial charge in [0.2, 0.25) is 0 Å². The molecule has 2 N–H and O–H groups in total. The van der Waals surface area contributed by atoms with E-state index in [0.717, 1.165) is 10.6 Å². The summed E-state index contributed by atoms with van der Waals surface area (Å²) in [5.41, 5.74) is 1.37. The highest BCUT2D eigenvalue weighted by atomic mass is 16.4. The van der Waals surface area contributed by atoms with Crippen LogP contribution in [0.15, 0.2) is 6.20 Å². The van der Waals surface area contributed by atoms with Crippen LogP contribution >= 0.6 is 0 Å². The number of rotatable bonds is 4. The first kappa shape index (κ1) is 15.0. The Kier molecular flexibility index (Phi) is 4.52. The van der Waals surface area contributed by atoms with Gasteiger partial charge in [-0.1, -0.05) is 13.8 Å². The van der Waals surface area contributed by atoms with E-state index in [9.17, 15) is 9.59 Å². The third kappa shape index (κ3) is 3.46. The van der Waals surface area contributed by atoms with Gasteiger partial charge in [-0.3, -0.25) is 4.68 Å². The van der Waals surface area contributed by atoms with E-state index in [0.29, 0.717) is 5.69 Å². The number of hydrogen-bond donors (Lipinski definition) is 2. The first-order valence-corrected chi connectivity index (χ1v) is 6.04. The molecule has 7 nitrogen and oxygen atoms in total. The number of nitrogens with one attached hydrogen (secondary N) is 1. The van der Waals surface area contributed by atoms with Crippen molar-refractivity contribution in [2.45, 2.75) is 32.7 Å². The molecule has 1 unspecified atom stereocenters. The molecule has 2 amide bonds. The van der Waals surface area contributed by atoms with Gasteiger partial charge in [0.05, 0.1) is 11.4 Å². The summed E-state index contributed by atoms with van der Waals surface area (Å²) in [7, 11) is 3.21. The summed E-state index contributed by atoms with van der Waals surface area (Å²) in [5.74, 6) is -0.883. The van der Waals surface area contributed by atoms with Crippen LogP contribution in [0.5, 0.6) is 0 Å². The largest absolute Gasteiger partial charge is 0.480 e. The lowest BCUT2D eigenvalue weighted by atomic mass is 10.1. The summed E-state index contributed by atoms with van der Waals surface area (Å²) < 4.78 is 1.62. The molecule has 106 valence electrons. The van der Waals surface area contributed by atoms with Gasteiger partial charge >= 0.3 is 12.0 Å². The number of carbonyl (C=O) groups is 2. The third-order valence-corrected chi connectivity index (χ3v) is 2.90. The normalized spacial score (nSPS) is 12.3. The summed E-state index contributed by atoms with van der Waals surface area (Å²) in [5, 5.41) is 15.8. The molecule has 0 spiro atoms. The van der Waals surface area contributed by atoms with Crippen molar-refractivity contribution in [3.63, 3.8) is 0 Å². The standard InChI is InChI=1S/C12H20N4O3/c1-7(2)10-9(6-15(4)14-10)13-12(19)16(5)8(3)11(17)18/h6-8H,1-5H3,(H,13,19)(H,17,18). The number of hydrogen-bond acceptors (Lipinski definition) is 3. The predicted octanol–water partition coefficient (Wildman–Crippen LogP) is 1.48. The zero-order valence-electron chi connectivity index (χ0n) is 11.8. The number of aliphatic carboxylic acids is 1. The van der Waals surface area contributed by atoms with Crippen LogP contribution in [0.1, 0.15) is 32.4 Å². The van der Waals surface area contributed by atoms with E-state index in [4.69, 9.17) is 5.11 Å². The van der Waals surface area contributed by atoms with Gasteiger partial charge in [0, 0.05) is 20.3 Å². The van der Waals surface area contributed by atoms with Crippen molar-refractivity contribution in [2.24, 2.45) is 7.05 Å². The van der Waals surface area contributed by atoms with Gasteiger partial charge in [0.15, 0.2) is 0 Å². The van der Waals surface area contributed by atoms with Gasteiger partial charge in [-0.2, -0.15) is 5.10 Å². The molecule has 1 heterocycles. The lowest BCUT2D eigenvalue weighted by Gasteiger charge is -2.21. The first-order valence-electron chi connectivity index (χ1n) is 6.04. The van der Waals surface area contributed by atoms with Crippen LogP contribution in [0, 0.1) is 0 Å². The van der Waals surface area contributed by atoms with Gasteiger partial charge in [-0.15, -0.1) is 0 Å². The van der Waals surface area contributed by atoms with E-state index in [1.54, 1.807) is 17.9 Å². The van der Waals surface area contributed by atoms with E-state index < -0.39 is 18.0 Å². The summed E-state index contributed by atoms with van der Waals surface area (Å²) in [6.45, 7) is 5.40. The number of aromatic nitrogens is 2. The van der Waals surface area contributed by atoms with Crippen LogP contribution in [0.2, 0.25) is 0 Å². The molecule has 1 atom stereocenters. The Morgan fingerprint density at radius 2 is 2.00 bits per heavy atom. The van der Waals surface area contributed by atoms with E-state index in [-0.39, 0.29) is 5.92 Å². The average molecular weight is 268 g/mol. The second-order valence-corrected chi connectivity index (χ2v) is 4.81. The van der Waals surface area contributed by atoms with Gasteiger partial charge in [-0.25, -0.2) is 9.59 Å². The summed E-state index contributed by atoms with van der Waals surface area (Å²) >= 11 is 0. The number of carboxylic acid groups (broad SMARTS) is 1. The number of carboxylic acids is 1. The minimum atomic E-state index is -1.05. The van der Waals surface area contributed by atoms with Crippen LogP contribution in [0.4, 0.5) is 10.5 Å². The number of urea groups is 1. The minimum absolute atomic E-state index is 0.165. The zero-order valence-corrected chi connectivity index (χ0v) is 11.8. The number of likely N-dealkylation sites (N-methyl/N-ethyl adjacent to an activating group) is 1. The van der Waals surface area contributed by atoms with Gasteiger partial charge in [0.25, 0.3) is 0 Å². The van der Waals surface area contributed by atoms with Gasteiger partial charge in [0.1, 0.15) is 6.04 Å². The molecule has 0 bridgehead atoms. The molecule has 0 saturated heterocycles. The number of anilines is 1. The van der Waals surface area contributed by atoms with E-state index in [1.807, 2.05) is 13.8 Å². The summed E-state index contributed by atoms with van der Waals surface area (Å²) in [6.07, 6.45) is 1.70. The molecule has 0 aliphatic rings. The molecule has 0 aliphatic heterocycles. The Balaban J connectivity index is 2.85. The molecular formula is C12H20N4O3. The number of aryl methyl sites for hydroxylation is 1. The second-order valence-electron chi connectivity index (χ2n) is 4.81. The van der Waals surface area contributed by atoms with Crippen LogP contribution in [-0.2, 0) is 11.8 Å². The fourth-order valence-corrected chi connectivity index (χ4v) is 1.57. The fraction of sp³-hybridized carbons (Fsp3) is 0.583. The molecule has 1 rings (SSSR count). The number of amides is 2. The zero-order chi connectivity index (χ0) is 14.7. The predicted molar refractivity (Wildman–Crippen MR) is 71.2 cm³/mol. The van der Waals surface area contributed by atoms with E-state index in [2.05, 4.69) is 10.4 Å². The molecule has 1 aromatic heterocycles. The average Bonchev–Trinajstić information content (AvgIpc) is 2.68. The number of carbonyl (C=O) groups excluding carboxylic acids is 1. The van der Waals surface area contributed by atoms with Crippen molar-refractivity contribution in [2.75, 3.05) is 12.4 Å². The van der Waals surface area contributed by atoms with E-state index in [1.165, 1.54) is 14.0 Å². The van der Waals surface area contributed by atoms with Crippen LogP contribution in [-0.4, -0.2) is 44.9 Å². The molecule has 7 heteroatoms. The second kappa shape index (κ2) is 5.73. The van der Waals surface area contributed by atoms with Crippen molar-refractivity contribution in [3.05, 3.63) is 11.9 Å². The molecule has 19 heavy (non-hydrogen) atoms. The Labute approximate surface area is 112 Å². The Morgan fingerprint density at radius 1 is 1.42 bits per heavy atom. The van der Waals surface area contributed by atoms with Crippen molar-refractivity contribution in [3.8, 4) is 0 Å². The maximum absolute atomic E-state index is 12.0. The van der Waals surface area contributed by atoms with E-state index >= 15 is 0 Å². The monoisotopic (exact) mass is 268 g/mol. The maximum atomic E-state index is 12.0. The Morgan fingerprint density at radius 3 is 2.47 bits per heavy atom. The molecule has 0 aliphatic carbocycles. The smallest absolute Gasteiger partial charge is 0.326 e. The molecular weight excluding hydrogens is 248 g/mol. The van der Waals surface area contributed by atoms with Crippen molar-refractivity contribution >= 4 is 17.7 Å². The lowest BCUT2D eigenvalue weighted by molar-refractivity contribution is -0.141. The van der Waals surface area contributed by atoms with Crippen molar-refractivity contribution in [1.29, 1.82) is 0 Å².